The normalized spacial score (nSPS) is 11.7. The van der Waals surface area contributed by atoms with Gasteiger partial charge in [-0.2, -0.15) is 0 Å². The van der Waals surface area contributed by atoms with Gasteiger partial charge >= 0.3 is 30.0 Å². The Morgan fingerprint density at radius 3 is 1.58 bits per heavy atom. The summed E-state index contributed by atoms with van der Waals surface area (Å²) < 4.78 is 60.2. The Hall–Kier alpha value is -12.3. The maximum atomic E-state index is 15.0. The van der Waals surface area contributed by atoms with Crippen LogP contribution in [-0.2, 0) is 9.84 Å². The molecule has 0 aromatic heterocycles. The summed E-state index contributed by atoms with van der Waals surface area (Å²) in [5.74, 6) is -0.825. The predicted molar refractivity (Wildman–Crippen MR) is 362 cm³/mol. The van der Waals surface area contributed by atoms with Gasteiger partial charge in [0.05, 0.1) is 59.0 Å². The van der Waals surface area contributed by atoms with E-state index in [0.29, 0.717) is 137 Å². The fourth-order valence-electron chi connectivity index (χ4n) is 11.0. The van der Waals surface area contributed by atoms with Crippen LogP contribution in [0, 0.1) is 0 Å². The second-order valence-electron chi connectivity index (χ2n) is 21.4. The molecular weight excluding hydrogens is 1230 g/mol. The smallest absolute Gasteiger partial charge is 0.336 e. The number of amides is 6. The Morgan fingerprint density at radius 1 is 0.505 bits per heavy atom. The fraction of sp³-hybridized carbons (Fsp3) is 0.127. The molecule has 482 valence electrons. The molecule has 11 rings (SSSR count). The number of urea groups is 3. The Balaban J connectivity index is 0.986. The number of ether oxygens (including phenoxy) is 4. The topological polar surface area (TPSA) is 319 Å². The van der Waals surface area contributed by atoms with E-state index in [1.54, 1.807) is 148 Å². The minimum Gasteiger partial charge on any atom is -0.494 e. The van der Waals surface area contributed by atoms with Gasteiger partial charge in [0.25, 0.3) is 0 Å². The summed E-state index contributed by atoms with van der Waals surface area (Å²) in [4.78, 5) is 68.1. The molecule has 2 aliphatic heterocycles. The van der Waals surface area contributed by atoms with Crippen LogP contribution >= 0.6 is 0 Å². The van der Waals surface area contributed by atoms with Gasteiger partial charge in [0.2, 0.25) is 9.84 Å². The maximum absolute atomic E-state index is 15.0. The molecule has 6 amide bonds. The monoisotopic (exact) mass is 1300 g/mol. The predicted octanol–water partition coefficient (Wildman–Crippen LogP) is 12.4. The molecule has 1 aliphatic carbocycles. The van der Waals surface area contributed by atoms with Crippen molar-refractivity contribution in [3.05, 3.63) is 202 Å². The summed E-state index contributed by atoms with van der Waals surface area (Å²) in [5.41, 5.74) is 5.43. The first-order chi connectivity index (χ1) is 45.8. The van der Waals surface area contributed by atoms with Crippen LogP contribution in [0.5, 0.6) is 28.7 Å². The molecule has 8 aromatic carbocycles. The zero-order valence-electron chi connectivity index (χ0n) is 52.1. The summed E-state index contributed by atoms with van der Waals surface area (Å²) in [6, 6.07) is 42.1. The van der Waals surface area contributed by atoms with Crippen molar-refractivity contribution in [2.24, 2.45) is 4.99 Å². The number of hydrogen-bond donors (Lipinski definition) is 10. The lowest BCUT2D eigenvalue weighted by Gasteiger charge is -2.23. The molecule has 95 heavy (non-hydrogen) atoms. The molecule has 0 spiro atoms. The van der Waals surface area contributed by atoms with Crippen molar-refractivity contribution in [2.75, 3.05) is 67.5 Å². The van der Waals surface area contributed by atoms with E-state index in [4.69, 9.17) is 28.4 Å². The van der Waals surface area contributed by atoms with Crippen molar-refractivity contribution in [3.8, 4) is 51.2 Å². The number of hydrogen-bond acceptors (Lipinski definition) is 15. The minimum absolute atomic E-state index is 0.114. The van der Waals surface area contributed by atoms with Crippen LogP contribution in [0.25, 0.3) is 45.6 Å². The van der Waals surface area contributed by atoms with Crippen molar-refractivity contribution in [1.29, 1.82) is 0 Å². The molecule has 23 nitrogen and oxygen atoms in total. The van der Waals surface area contributed by atoms with Gasteiger partial charge in [-0.15, -0.1) is 0 Å². The highest BCUT2D eigenvalue weighted by Gasteiger charge is 2.30. The van der Waals surface area contributed by atoms with Crippen LogP contribution in [0.15, 0.2) is 183 Å². The number of rotatable bonds is 20. The van der Waals surface area contributed by atoms with Crippen LogP contribution in [0.4, 0.5) is 59.9 Å². The third-order valence-corrected chi connectivity index (χ3v) is 17.0. The number of carboxylic acid groups (broad SMARTS) is 2. The molecule has 24 heteroatoms. The highest BCUT2D eigenvalue weighted by molar-refractivity contribution is 7.91. The second-order valence-corrected chi connectivity index (χ2v) is 23.4. The molecule has 10 N–H and O–H groups in total. The molecule has 0 fully saturated rings. The van der Waals surface area contributed by atoms with E-state index in [0.717, 1.165) is 12.1 Å². The van der Waals surface area contributed by atoms with E-state index in [1.165, 1.54) is 45.6 Å². The quantitative estimate of drug-likeness (QED) is 0.0317. The van der Waals surface area contributed by atoms with Crippen molar-refractivity contribution >= 4 is 108 Å². The van der Waals surface area contributed by atoms with E-state index in [-0.39, 0.29) is 34.1 Å². The van der Waals surface area contributed by atoms with Crippen LogP contribution in [-0.4, -0.2) is 89.6 Å². The molecule has 0 atom stereocenters. The number of nitrogens with one attached hydrogen (secondary N) is 8. The molecular formula is C71H63N9O14S. The number of methoxy groups -OCH3 is 3. The molecule has 8 aromatic rings. The molecule has 2 heterocycles. The Bertz CT molecular complexity index is 5050. The van der Waals surface area contributed by atoms with Crippen LogP contribution in [0.3, 0.4) is 0 Å². The van der Waals surface area contributed by atoms with Crippen molar-refractivity contribution in [1.82, 2.24) is 16.0 Å². The van der Waals surface area contributed by atoms with E-state index in [9.17, 15) is 34.2 Å². The number of sulfone groups is 1. The number of nitrogens with zero attached hydrogens (tertiary/aromatic N) is 1. The summed E-state index contributed by atoms with van der Waals surface area (Å²) in [6.07, 6.45) is 0. The SMILES string of the molecule is C=c1ccc2c(c1)Oc1cc(Nc3ccc(NC(=O)NCC)cc3OC)ccc1C=2c1ccc(S(=O)(=O)c2ccc(-c3c4ccc(=Nc5ccc(NC(=O)NCC)cc5OC)cc-4oc4cc(Nc5ccc(NC(=O)NCC)cc5OC)ccc34)c(C(=O)O)c2)cc1C(=O)O. The number of benzene rings is 9. The number of fused-ring (bicyclic) bond motifs is 4. The second kappa shape index (κ2) is 27.3. The molecule has 0 saturated carbocycles. The van der Waals surface area contributed by atoms with Gasteiger partial charge in [-0.3, -0.25) is 0 Å². The number of carbonyl (C=O) groups is 5. The van der Waals surface area contributed by atoms with Crippen LogP contribution < -0.4 is 77.3 Å². The van der Waals surface area contributed by atoms with Gasteiger partial charge in [-0.25, -0.2) is 37.4 Å². The van der Waals surface area contributed by atoms with Gasteiger partial charge in [-0.1, -0.05) is 30.8 Å². The summed E-state index contributed by atoms with van der Waals surface area (Å²) >= 11 is 0. The van der Waals surface area contributed by atoms with Crippen LogP contribution in [0.1, 0.15) is 52.6 Å². The molecule has 0 bridgehead atoms. The third-order valence-electron chi connectivity index (χ3n) is 15.3. The van der Waals surface area contributed by atoms with Crippen molar-refractivity contribution < 1.29 is 66.0 Å². The highest BCUT2D eigenvalue weighted by atomic mass is 32.2. The van der Waals surface area contributed by atoms with Gasteiger partial charge in [0.1, 0.15) is 45.8 Å². The number of carboxylic acids is 2. The fourth-order valence-corrected chi connectivity index (χ4v) is 12.3. The maximum Gasteiger partial charge on any atom is 0.336 e. The average Bonchev–Trinajstić information content (AvgIpc) is 0.748. The van der Waals surface area contributed by atoms with Gasteiger partial charge in [0, 0.05) is 117 Å². The number of carbonyl (C=O) groups excluding carboxylic acids is 3. The first kappa shape index (κ1) is 64.2. The average molecular weight is 1300 g/mol. The first-order valence-corrected chi connectivity index (χ1v) is 31.2. The Labute approximate surface area is 544 Å². The van der Waals surface area contributed by atoms with Crippen molar-refractivity contribution in [3.63, 3.8) is 0 Å². The molecule has 3 aliphatic rings. The van der Waals surface area contributed by atoms with Crippen LogP contribution in [0.2, 0.25) is 0 Å². The zero-order chi connectivity index (χ0) is 67.2. The Kier molecular flexibility index (Phi) is 18.4. The summed E-state index contributed by atoms with van der Waals surface area (Å²) in [7, 11) is -0.239. The van der Waals surface area contributed by atoms with Gasteiger partial charge in [-0.05, 0) is 140 Å². The van der Waals surface area contributed by atoms with E-state index in [1.807, 2.05) is 0 Å². The molecule has 0 radical (unpaired) electrons. The van der Waals surface area contributed by atoms with E-state index in [2.05, 4.69) is 49.1 Å². The largest absolute Gasteiger partial charge is 0.494 e. The lowest BCUT2D eigenvalue weighted by molar-refractivity contribution is 0.0686. The van der Waals surface area contributed by atoms with E-state index < -0.39 is 49.2 Å². The highest BCUT2D eigenvalue weighted by Crippen LogP contribution is 2.45. The van der Waals surface area contributed by atoms with Gasteiger partial charge in [0.15, 0.2) is 0 Å². The number of anilines is 7. The van der Waals surface area contributed by atoms with E-state index >= 15 is 8.42 Å². The standard InChI is InChI=1S/C71H63N9O14S/c1-8-72-69(85)78-42-15-26-55(62(33-42)90-5)75-39-12-21-50-59(30-39)93-58-29-38(4)11-20-49(58)65(50)47-24-18-45(36-53(47)67(81)82)95(88,89)46-19-25-48(54(37-46)68(83)84)66-51-22-13-40(76-56-27-16-43(34-63(56)91-6)79-70(86)73-9-2)31-60(51)94-61-32-41(14-23-52(61)66)77-57-28-17-44(35-64(57)92-7)80-71(87)74-10-3/h11-37,75-76H,4,8-10H2,1-3,5-7H3,(H,81,82)(H,83,84)(H2,72,78,85)(H2,73,79,86)(H2,74,80,87). The summed E-state index contributed by atoms with van der Waals surface area (Å²) in [6.45, 7) is 10.8. The first-order valence-electron chi connectivity index (χ1n) is 29.7. The summed E-state index contributed by atoms with van der Waals surface area (Å²) in [5, 5.41) is 47.1. The number of aromatic carboxylic acids is 2. The third kappa shape index (κ3) is 13.5. The molecule has 0 saturated heterocycles. The lowest BCUT2D eigenvalue weighted by atomic mass is 9.89. The van der Waals surface area contributed by atoms with Gasteiger partial charge < -0.3 is 76.1 Å². The lowest BCUT2D eigenvalue weighted by Crippen LogP contribution is -2.28. The molecule has 0 unspecified atom stereocenters. The Morgan fingerprint density at radius 2 is 1.01 bits per heavy atom. The zero-order valence-corrected chi connectivity index (χ0v) is 52.9. The minimum atomic E-state index is -4.69. The van der Waals surface area contributed by atoms with Crippen molar-refractivity contribution in [2.45, 2.75) is 30.6 Å².